The molecule has 0 spiro atoms. The Labute approximate surface area is 128 Å². The maximum absolute atomic E-state index is 12.0. The normalized spacial score (nSPS) is 21.5. The Morgan fingerprint density at radius 3 is 3.09 bits per heavy atom. The monoisotopic (exact) mass is 310 g/mol. The van der Waals surface area contributed by atoms with Crippen LogP contribution in [-0.2, 0) is 25.6 Å². The molecule has 1 aromatic heterocycles. The van der Waals surface area contributed by atoms with Crippen molar-refractivity contribution in [3.8, 4) is 0 Å². The molecule has 1 aromatic rings. The Kier molecular flexibility index (Phi) is 5.91. The molecule has 1 saturated heterocycles. The minimum absolute atomic E-state index is 0.101. The predicted molar refractivity (Wildman–Crippen MR) is 77.9 cm³/mol. The summed E-state index contributed by atoms with van der Waals surface area (Å²) in [6.45, 7) is 3.23. The number of hydrogen-bond acceptors (Lipinski definition) is 5. The van der Waals surface area contributed by atoms with Gasteiger partial charge in [0.1, 0.15) is 6.61 Å². The highest BCUT2D eigenvalue weighted by molar-refractivity contribution is 5.76. The van der Waals surface area contributed by atoms with E-state index in [-0.39, 0.29) is 24.7 Å². The van der Waals surface area contributed by atoms with E-state index < -0.39 is 5.91 Å². The zero-order valence-electron chi connectivity index (χ0n) is 12.7. The number of nitrogens with zero attached hydrogens (tertiary/aromatic N) is 2. The van der Waals surface area contributed by atoms with Gasteiger partial charge in [0.2, 0.25) is 11.8 Å². The van der Waals surface area contributed by atoms with Crippen molar-refractivity contribution in [3.63, 3.8) is 0 Å². The number of ether oxygens (including phenoxy) is 2. The van der Waals surface area contributed by atoms with E-state index in [2.05, 4.69) is 10.4 Å². The second-order valence-electron chi connectivity index (χ2n) is 5.38. The van der Waals surface area contributed by atoms with E-state index in [0.29, 0.717) is 32.6 Å². The molecule has 2 amide bonds. The first kappa shape index (κ1) is 16.4. The second-order valence-corrected chi connectivity index (χ2v) is 5.38. The van der Waals surface area contributed by atoms with Crippen LogP contribution in [0.15, 0.2) is 12.4 Å². The molecule has 2 atom stereocenters. The standard InChI is InChI=1S/C14H22N4O4/c1-10-6-16-18(7-10)4-2-14(20)17-11-8-21-5-3-12(11)22-9-13(15)19/h6-7,11-12H,2-5,8-9H2,1H3,(H2,15,19)(H,17,20)/t11-,12+/m1/s1. The lowest BCUT2D eigenvalue weighted by molar-refractivity contribution is -0.131. The molecule has 2 heterocycles. The molecule has 1 aliphatic rings. The molecule has 0 aromatic carbocycles. The third-order valence-electron chi connectivity index (χ3n) is 3.41. The number of aromatic nitrogens is 2. The maximum Gasteiger partial charge on any atom is 0.243 e. The Hall–Kier alpha value is -1.93. The fraction of sp³-hybridized carbons (Fsp3) is 0.643. The van der Waals surface area contributed by atoms with Crippen molar-refractivity contribution in [1.82, 2.24) is 15.1 Å². The average molecular weight is 310 g/mol. The van der Waals surface area contributed by atoms with Crippen LogP contribution < -0.4 is 11.1 Å². The van der Waals surface area contributed by atoms with Gasteiger partial charge in [-0.15, -0.1) is 0 Å². The van der Waals surface area contributed by atoms with Gasteiger partial charge in [-0.25, -0.2) is 0 Å². The smallest absolute Gasteiger partial charge is 0.243 e. The first-order valence-electron chi connectivity index (χ1n) is 7.30. The fourth-order valence-corrected chi connectivity index (χ4v) is 2.33. The number of carbonyl (C=O) groups is 2. The largest absolute Gasteiger partial charge is 0.379 e. The van der Waals surface area contributed by atoms with Crippen LogP contribution >= 0.6 is 0 Å². The summed E-state index contributed by atoms with van der Waals surface area (Å²) in [4.78, 5) is 22.8. The second kappa shape index (κ2) is 7.90. The Morgan fingerprint density at radius 2 is 2.41 bits per heavy atom. The van der Waals surface area contributed by atoms with E-state index in [1.54, 1.807) is 10.9 Å². The minimum Gasteiger partial charge on any atom is -0.379 e. The van der Waals surface area contributed by atoms with Gasteiger partial charge in [0.25, 0.3) is 0 Å². The number of hydrogen-bond donors (Lipinski definition) is 2. The van der Waals surface area contributed by atoms with Gasteiger partial charge in [-0.3, -0.25) is 14.3 Å². The molecule has 0 saturated carbocycles. The van der Waals surface area contributed by atoms with Crippen LogP contribution in [0.2, 0.25) is 0 Å². The number of amides is 2. The molecule has 0 aliphatic carbocycles. The quantitative estimate of drug-likeness (QED) is 0.696. The molecule has 0 radical (unpaired) electrons. The van der Waals surface area contributed by atoms with Crippen LogP contribution in [0.5, 0.6) is 0 Å². The maximum atomic E-state index is 12.0. The highest BCUT2D eigenvalue weighted by atomic mass is 16.5. The summed E-state index contributed by atoms with van der Waals surface area (Å²) in [7, 11) is 0. The molecule has 8 heteroatoms. The lowest BCUT2D eigenvalue weighted by Crippen LogP contribution is -2.51. The van der Waals surface area contributed by atoms with Gasteiger partial charge in [-0.1, -0.05) is 0 Å². The summed E-state index contributed by atoms with van der Waals surface area (Å²) < 4.78 is 12.5. The summed E-state index contributed by atoms with van der Waals surface area (Å²) in [5, 5.41) is 7.02. The molecule has 0 unspecified atom stereocenters. The SMILES string of the molecule is Cc1cnn(CCC(=O)N[C@@H]2COCC[C@@H]2OCC(N)=O)c1. The highest BCUT2D eigenvalue weighted by Crippen LogP contribution is 2.12. The molecule has 8 nitrogen and oxygen atoms in total. The average Bonchev–Trinajstić information content (AvgIpc) is 2.90. The van der Waals surface area contributed by atoms with E-state index in [9.17, 15) is 9.59 Å². The van der Waals surface area contributed by atoms with Crippen molar-refractivity contribution in [3.05, 3.63) is 18.0 Å². The van der Waals surface area contributed by atoms with Gasteiger partial charge in [-0.05, 0) is 18.9 Å². The van der Waals surface area contributed by atoms with Crippen LogP contribution in [0.1, 0.15) is 18.4 Å². The van der Waals surface area contributed by atoms with E-state index in [4.69, 9.17) is 15.2 Å². The van der Waals surface area contributed by atoms with Crippen molar-refractivity contribution < 1.29 is 19.1 Å². The van der Waals surface area contributed by atoms with Crippen LogP contribution in [-0.4, -0.2) is 53.6 Å². The van der Waals surface area contributed by atoms with E-state index in [1.165, 1.54) is 0 Å². The van der Waals surface area contributed by atoms with Crippen LogP contribution in [0.25, 0.3) is 0 Å². The van der Waals surface area contributed by atoms with Gasteiger partial charge in [0.15, 0.2) is 0 Å². The van der Waals surface area contributed by atoms with Gasteiger partial charge >= 0.3 is 0 Å². The van der Waals surface area contributed by atoms with Crippen molar-refractivity contribution in [1.29, 1.82) is 0 Å². The van der Waals surface area contributed by atoms with Gasteiger partial charge in [0.05, 0.1) is 24.9 Å². The molecule has 122 valence electrons. The van der Waals surface area contributed by atoms with Gasteiger partial charge < -0.3 is 20.5 Å². The Bertz CT molecular complexity index is 517. The number of rotatable bonds is 7. The topological polar surface area (TPSA) is 108 Å². The van der Waals surface area contributed by atoms with Crippen molar-refractivity contribution >= 4 is 11.8 Å². The summed E-state index contributed by atoms with van der Waals surface area (Å²) in [6, 6.07) is -0.264. The van der Waals surface area contributed by atoms with Crippen LogP contribution in [0.3, 0.4) is 0 Å². The lowest BCUT2D eigenvalue weighted by Gasteiger charge is -2.31. The number of nitrogens with one attached hydrogen (secondary N) is 1. The summed E-state index contributed by atoms with van der Waals surface area (Å²) in [5.74, 6) is -0.623. The van der Waals surface area contributed by atoms with Crippen molar-refractivity contribution in [2.24, 2.45) is 5.73 Å². The van der Waals surface area contributed by atoms with Gasteiger partial charge in [-0.2, -0.15) is 5.10 Å². The lowest BCUT2D eigenvalue weighted by atomic mass is 10.1. The van der Waals surface area contributed by atoms with Crippen molar-refractivity contribution in [2.75, 3.05) is 19.8 Å². The zero-order chi connectivity index (χ0) is 15.9. The molecule has 0 bridgehead atoms. The Morgan fingerprint density at radius 1 is 1.59 bits per heavy atom. The molecule has 1 fully saturated rings. The predicted octanol–water partition coefficient (Wildman–Crippen LogP) is -0.643. The van der Waals surface area contributed by atoms with Crippen LogP contribution in [0.4, 0.5) is 0 Å². The molecule has 3 N–H and O–H groups in total. The van der Waals surface area contributed by atoms with E-state index >= 15 is 0 Å². The summed E-state index contributed by atoms with van der Waals surface area (Å²) in [5.41, 5.74) is 6.13. The summed E-state index contributed by atoms with van der Waals surface area (Å²) in [6.07, 6.45) is 4.32. The molecule has 22 heavy (non-hydrogen) atoms. The summed E-state index contributed by atoms with van der Waals surface area (Å²) >= 11 is 0. The number of aryl methyl sites for hydroxylation is 2. The molecular formula is C14H22N4O4. The van der Waals surface area contributed by atoms with Gasteiger partial charge in [0, 0.05) is 25.8 Å². The first-order valence-corrected chi connectivity index (χ1v) is 7.30. The van der Waals surface area contributed by atoms with Crippen molar-refractivity contribution in [2.45, 2.75) is 38.5 Å². The fourth-order valence-electron chi connectivity index (χ4n) is 2.33. The third-order valence-corrected chi connectivity index (χ3v) is 3.41. The van der Waals surface area contributed by atoms with E-state index in [0.717, 1.165) is 5.56 Å². The minimum atomic E-state index is -0.523. The number of nitrogens with two attached hydrogens (primary N) is 1. The van der Waals surface area contributed by atoms with E-state index in [1.807, 2.05) is 13.1 Å². The zero-order valence-corrected chi connectivity index (χ0v) is 12.7. The molecule has 2 rings (SSSR count). The highest BCUT2D eigenvalue weighted by Gasteiger charge is 2.28. The first-order chi connectivity index (χ1) is 10.5. The third kappa shape index (κ3) is 5.12. The number of primary amides is 1. The Balaban J connectivity index is 1.78. The molecule has 1 aliphatic heterocycles. The van der Waals surface area contributed by atoms with Crippen LogP contribution in [0, 0.1) is 6.92 Å². The molecular weight excluding hydrogens is 288 g/mol. The number of carbonyl (C=O) groups excluding carboxylic acids is 2.